The molecule has 0 bridgehead atoms. The molecule has 1 amide bonds. The number of nitrogens with one attached hydrogen (secondary N) is 1. The summed E-state index contributed by atoms with van der Waals surface area (Å²) in [5, 5.41) is 6.97. The highest BCUT2D eigenvalue weighted by Gasteiger charge is 2.22. The maximum atomic E-state index is 13.7. The molecule has 0 spiro atoms. The van der Waals surface area contributed by atoms with E-state index in [0.717, 1.165) is 18.5 Å². The van der Waals surface area contributed by atoms with Gasteiger partial charge in [0.1, 0.15) is 0 Å². The number of hydrogen-bond donors (Lipinski definition) is 1. The Morgan fingerprint density at radius 2 is 2.04 bits per heavy atom. The van der Waals surface area contributed by atoms with Crippen molar-refractivity contribution in [3.05, 3.63) is 52.2 Å². The van der Waals surface area contributed by atoms with Crippen molar-refractivity contribution in [1.29, 1.82) is 0 Å². The van der Waals surface area contributed by atoms with Crippen LogP contribution in [-0.2, 0) is 7.05 Å². The lowest BCUT2D eigenvalue weighted by Crippen LogP contribution is -2.45. The van der Waals surface area contributed by atoms with E-state index in [-0.39, 0.29) is 28.8 Å². The fourth-order valence-corrected chi connectivity index (χ4v) is 2.99. The molecule has 1 N–H and O–H groups in total. The zero-order valence-corrected chi connectivity index (χ0v) is 14.7. The van der Waals surface area contributed by atoms with E-state index in [2.05, 4.69) is 15.3 Å². The average Bonchev–Trinajstić information content (AvgIpc) is 2.64. The van der Waals surface area contributed by atoms with E-state index in [9.17, 15) is 14.0 Å². The van der Waals surface area contributed by atoms with Crippen molar-refractivity contribution < 1.29 is 13.9 Å². The number of nitrogens with zero attached hydrogens (tertiary/aromatic N) is 3. The van der Waals surface area contributed by atoms with Crippen LogP contribution in [0.4, 0.5) is 10.1 Å². The van der Waals surface area contributed by atoms with Crippen LogP contribution in [0.2, 0.25) is 0 Å². The lowest BCUT2D eigenvalue weighted by atomic mass is 10.0. The van der Waals surface area contributed by atoms with Crippen LogP contribution < -0.4 is 20.5 Å². The van der Waals surface area contributed by atoms with E-state index in [1.165, 1.54) is 30.0 Å². The minimum atomic E-state index is -0.562. The van der Waals surface area contributed by atoms with Crippen LogP contribution in [-0.4, -0.2) is 41.9 Å². The van der Waals surface area contributed by atoms with Gasteiger partial charge in [-0.15, -0.1) is 0 Å². The predicted molar refractivity (Wildman–Crippen MR) is 95.1 cm³/mol. The van der Waals surface area contributed by atoms with Crippen molar-refractivity contribution in [2.24, 2.45) is 7.05 Å². The van der Waals surface area contributed by atoms with E-state index < -0.39 is 5.82 Å². The molecule has 0 saturated carbocycles. The lowest BCUT2D eigenvalue weighted by molar-refractivity contribution is 0.0930. The number of carbonyl (C=O) groups is 1. The summed E-state index contributed by atoms with van der Waals surface area (Å²) in [5.74, 6) is -0.758. The van der Waals surface area contributed by atoms with Gasteiger partial charge in [0.05, 0.1) is 19.0 Å². The molecule has 3 rings (SSSR count). The maximum absolute atomic E-state index is 13.7. The molecule has 0 atom stereocenters. The number of amides is 1. The van der Waals surface area contributed by atoms with E-state index in [1.54, 1.807) is 19.3 Å². The summed E-state index contributed by atoms with van der Waals surface area (Å²) in [6.07, 6.45) is 3.14. The van der Waals surface area contributed by atoms with Crippen LogP contribution in [0.3, 0.4) is 0 Å². The Labute approximate surface area is 150 Å². The molecular weight excluding hydrogens is 339 g/mol. The number of hydrogen-bond acceptors (Lipinski definition) is 5. The SMILES string of the molecule is COc1ccc(C(=O)NC2CCN(c3cnn(C)c(=O)c3)CC2)cc1F. The van der Waals surface area contributed by atoms with Gasteiger partial charge in [-0.25, -0.2) is 9.07 Å². The predicted octanol–water partition coefficient (Wildman–Crippen LogP) is 1.33. The standard InChI is InChI=1S/C18H21FN4O3/c1-22-17(24)10-14(11-20-22)23-7-5-13(6-8-23)21-18(25)12-3-4-16(26-2)15(19)9-12/h3-4,9-11,13H,5-8H2,1-2H3,(H,21,25). The highest BCUT2D eigenvalue weighted by atomic mass is 19.1. The van der Waals surface area contributed by atoms with E-state index >= 15 is 0 Å². The molecule has 1 aromatic heterocycles. The van der Waals surface area contributed by atoms with Gasteiger partial charge in [0.2, 0.25) is 0 Å². The molecule has 1 fully saturated rings. The molecule has 7 nitrogen and oxygen atoms in total. The number of carbonyl (C=O) groups excluding carboxylic acids is 1. The molecule has 0 radical (unpaired) electrons. The number of benzene rings is 1. The lowest BCUT2D eigenvalue weighted by Gasteiger charge is -2.33. The third kappa shape index (κ3) is 3.84. The first-order valence-electron chi connectivity index (χ1n) is 8.40. The second kappa shape index (κ2) is 7.55. The number of piperidine rings is 1. The Morgan fingerprint density at radius 1 is 1.31 bits per heavy atom. The molecule has 26 heavy (non-hydrogen) atoms. The van der Waals surface area contributed by atoms with Crippen molar-refractivity contribution in [2.45, 2.75) is 18.9 Å². The number of aromatic nitrogens is 2. The van der Waals surface area contributed by atoms with Crippen LogP contribution in [0.25, 0.3) is 0 Å². The first-order chi connectivity index (χ1) is 12.5. The minimum absolute atomic E-state index is 0.00316. The number of methoxy groups -OCH3 is 1. The number of rotatable bonds is 4. The fraction of sp³-hybridized carbons (Fsp3) is 0.389. The maximum Gasteiger partial charge on any atom is 0.268 e. The Kier molecular flexibility index (Phi) is 5.20. The summed E-state index contributed by atoms with van der Waals surface area (Å²) in [7, 11) is 2.99. The van der Waals surface area contributed by atoms with Gasteiger partial charge in [-0.2, -0.15) is 5.10 Å². The monoisotopic (exact) mass is 360 g/mol. The molecule has 138 valence electrons. The second-order valence-electron chi connectivity index (χ2n) is 6.26. The Bertz CT molecular complexity index is 860. The normalized spacial score (nSPS) is 15.0. The number of aryl methyl sites for hydroxylation is 1. The van der Waals surface area contributed by atoms with Gasteiger partial charge in [-0.05, 0) is 31.0 Å². The van der Waals surface area contributed by atoms with Crippen LogP contribution in [0.5, 0.6) is 5.75 Å². The third-order valence-electron chi connectivity index (χ3n) is 4.56. The Hall–Kier alpha value is -2.90. The van der Waals surface area contributed by atoms with Gasteiger partial charge < -0.3 is 15.0 Å². The Balaban J connectivity index is 1.58. The topological polar surface area (TPSA) is 76.5 Å². The van der Waals surface area contributed by atoms with E-state index in [0.29, 0.717) is 13.1 Å². The highest BCUT2D eigenvalue weighted by Crippen LogP contribution is 2.20. The molecular formula is C18H21FN4O3. The van der Waals surface area contributed by atoms with Gasteiger partial charge in [0.25, 0.3) is 11.5 Å². The summed E-state index contributed by atoms with van der Waals surface area (Å²) in [6, 6.07) is 5.72. The minimum Gasteiger partial charge on any atom is -0.494 e. The first-order valence-corrected chi connectivity index (χ1v) is 8.40. The molecule has 1 aromatic carbocycles. The summed E-state index contributed by atoms with van der Waals surface area (Å²) in [5.41, 5.74) is 0.899. The van der Waals surface area contributed by atoms with Crippen molar-refractivity contribution in [1.82, 2.24) is 15.1 Å². The number of halogens is 1. The fourth-order valence-electron chi connectivity index (χ4n) is 2.99. The van der Waals surface area contributed by atoms with Crippen molar-refractivity contribution in [2.75, 3.05) is 25.1 Å². The largest absolute Gasteiger partial charge is 0.494 e. The molecule has 8 heteroatoms. The average molecular weight is 360 g/mol. The smallest absolute Gasteiger partial charge is 0.268 e. The van der Waals surface area contributed by atoms with Gasteiger partial charge in [-0.3, -0.25) is 9.59 Å². The quantitative estimate of drug-likeness (QED) is 0.890. The van der Waals surface area contributed by atoms with Crippen LogP contribution in [0, 0.1) is 5.82 Å². The van der Waals surface area contributed by atoms with Gasteiger partial charge in [0.15, 0.2) is 11.6 Å². The van der Waals surface area contributed by atoms with Crippen LogP contribution in [0.1, 0.15) is 23.2 Å². The second-order valence-corrected chi connectivity index (χ2v) is 6.26. The molecule has 1 saturated heterocycles. The van der Waals surface area contributed by atoms with E-state index in [4.69, 9.17) is 4.74 Å². The molecule has 2 heterocycles. The molecule has 0 aliphatic carbocycles. The third-order valence-corrected chi connectivity index (χ3v) is 4.56. The highest BCUT2D eigenvalue weighted by molar-refractivity contribution is 5.94. The summed E-state index contributed by atoms with van der Waals surface area (Å²) in [4.78, 5) is 26.1. The summed E-state index contributed by atoms with van der Waals surface area (Å²) >= 11 is 0. The van der Waals surface area contributed by atoms with Gasteiger partial charge in [-0.1, -0.05) is 0 Å². The molecule has 2 aromatic rings. The summed E-state index contributed by atoms with van der Waals surface area (Å²) < 4.78 is 19.9. The van der Waals surface area contributed by atoms with Crippen molar-refractivity contribution in [3.63, 3.8) is 0 Å². The van der Waals surface area contributed by atoms with E-state index in [1.807, 2.05) is 0 Å². The van der Waals surface area contributed by atoms with Gasteiger partial charge >= 0.3 is 0 Å². The van der Waals surface area contributed by atoms with Gasteiger partial charge in [0, 0.05) is 37.8 Å². The zero-order chi connectivity index (χ0) is 18.7. The zero-order valence-electron chi connectivity index (χ0n) is 14.7. The van der Waals surface area contributed by atoms with Crippen LogP contribution >= 0.6 is 0 Å². The number of anilines is 1. The van der Waals surface area contributed by atoms with Crippen molar-refractivity contribution >= 4 is 11.6 Å². The molecule has 1 aliphatic heterocycles. The molecule has 1 aliphatic rings. The van der Waals surface area contributed by atoms with Crippen LogP contribution in [0.15, 0.2) is 35.3 Å². The Morgan fingerprint density at radius 3 is 2.65 bits per heavy atom. The number of ether oxygens (including phenoxy) is 1. The molecule has 0 unspecified atom stereocenters. The summed E-state index contributed by atoms with van der Waals surface area (Å²) in [6.45, 7) is 1.41. The van der Waals surface area contributed by atoms with Crippen molar-refractivity contribution in [3.8, 4) is 5.75 Å². The first kappa shape index (κ1) is 17.9.